The molecule has 0 aliphatic carbocycles. The van der Waals surface area contributed by atoms with E-state index in [0.717, 1.165) is 0 Å². The van der Waals surface area contributed by atoms with Crippen molar-refractivity contribution in [2.24, 2.45) is 0 Å². The quantitative estimate of drug-likeness (QED) is 0.332. The Morgan fingerprint density at radius 3 is 1.94 bits per heavy atom. The molecule has 0 N–H and O–H groups in total. The first-order valence-corrected chi connectivity index (χ1v) is 10.6. The molecule has 0 spiro atoms. The molecule has 2 rings (SSSR count). The van der Waals surface area contributed by atoms with Gasteiger partial charge in [0.15, 0.2) is 0 Å². The van der Waals surface area contributed by atoms with Crippen molar-refractivity contribution in [3.63, 3.8) is 0 Å². The number of hydrogen-bond donors (Lipinski definition) is 0. The Hall–Kier alpha value is -2.70. The van der Waals surface area contributed by atoms with Gasteiger partial charge in [-0.15, -0.1) is 0 Å². The Kier molecular flexibility index (Phi) is 8.90. The van der Waals surface area contributed by atoms with Crippen LogP contribution in [0.1, 0.15) is 11.1 Å². The first-order valence-electron chi connectivity index (χ1n) is 9.84. The van der Waals surface area contributed by atoms with Crippen LogP contribution in [0.3, 0.4) is 0 Å². The Morgan fingerprint density at radius 2 is 1.46 bits per heavy atom. The molecule has 0 unspecified atom stereocenters. The lowest BCUT2D eigenvalue weighted by Gasteiger charge is -2.32. The third-order valence-corrected chi connectivity index (χ3v) is 5.66. The highest BCUT2D eigenvalue weighted by molar-refractivity contribution is 9.10. The van der Waals surface area contributed by atoms with Crippen molar-refractivity contribution in [2.75, 3.05) is 27.9 Å². The molecule has 5 nitrogen and oxygen atoms in total. The van der Waals surface area contributed by atoms with Gasteiger partial charge in [0, 0.05) is 13.1 Å². The number of benzene rings is 2. The fraction of sp³-hybridized carbons (Fsp3) is 0.409. The van der Waals surface area contributed by atoms with Crippen LogP contribution in [0.2, 0.25) is 0 Å². The maximum atomic E-state index is 14.3. The summed E-state index contributed by atoms with van der Waals surface area (Å²) in [6.45, 7) is -1.29. The number of ether oxygens (including phenoxy) is 3. The highest BCUT2D eigenvalue weighted by Crippen LogP contribution is 2.47. The van der Waals surface area contributed by atoms with Gasteiger partial charge in [-0.3, -0.25) is 4.79 Å². The number of rotatable bonds is 10. The summed E-state index contributed by atoms with van der Waals surface area (Å²) < 4.78 is 110. The average Bonchev–Trinajstić information content (AvgIpc) is 2.81. The lowest BCUT2D eigenvalue weighted by atomic mass is 10.1. The van der Waals surface area contributed by atoms with Gasteiger partial charge in [-0.1, -0.05) is 12.1 Å². The zero-order chi connectivity index (χ0) is 26.6. The van der Waals surface area contributed by atoms with Crippen LogP contribution < -0.4 is 14.2 Å². The van der Waals surface area contributed by atoms with Crippen molar-refractivity contribution in [1.29, 1.82) is 0 Å². The minimum Gasteiger partial charge on any atom is -0.497 e. The van der Waals surface area contributed by atoms with Crippen LogP contribution >= 0.6 is 15.9 Å². The molecule has 1 amide bonds. The molecule has 0 bridgehead atoms. The van der Waals surface area contributed by atoms with Gasteiger partial charge in [0.25, 0.3) is 5.91 Å². The zero-order valence-electron chi connectivity index (χ0n) is 18.7. The maximum absolute atomic E-state index is 14.3. The van der Waals surface area contributed by atoms with E-state index < -0.39 is 37.0 Å². The third-order valence-electron chi connectivity index (χ3n) is 5.04. The van der Waals surface area contributed by atoms with Gasteiger partial charge < -0.3 is 19.1 Å². The van der Waals surface area contributed by atoms with Crippen molar-refractivity contribution in [2.45, 2.75) is 31.0 Å². The monoisotopic (exact) mass is 575 g/mol. The molecule has 0 heterocycles. The minimum atomic E-state index is -6.64. The molecule has 0 radical (unpaired) electrons. The number of halogens is 8. The number of amides is 1. The van der Waals surface area contributed by atoms with Crippen LogP contribution in [-0.4, -0.2) is 56.7 Å². The second-order valence-corrected chi connectivity index (χ2v) is 8.12. The summed E-state index contributed by atoms with van der Waals surface area (Å²) in [6.07, 6.45) is -6.86. The highest BCUT2D eigenvalue weighted by atomic mass is 79.9. The van der Waals surface area contributed by atoms with Gasteiger partial charge >= 0.3 is 18.0 Å². The molecule has 194 valence electrons. The first kappa shape index (κ1) is 28.5. The Morgan fingerprint density at radius 1 is 0.886 bits per heavy atom. The predicted molar refractivity (Wildman–Crippen MR) is 115 cm³/mol. The van der Waals surface area contributed by atoms with E-state index >= 15 is 0 Å². The molecule has 0 saturated carbocycles. The molecule has 0 fully saturated rings. The second kappa shape index (κ2) is 10.9. The van der Waals surface area contributed by atoms with Crippen LogP contribution in [-0.2, 0) is 17.8 Å². The van der Waals surface area contributed by atoms with Crippen LogP contribution in [0, 0.1) is 0 Å². The highest BCUT2D eigenvalue weighted by Gasteiger charge is 2.76. The average molecular weight is 576 g/mol. The first-order chi connectivity index (χ1) is 16.2. The predicted octanol–water partition coefficient (Wildman–Crippen LogP) is 5.88. The lowest BCUT2D eigenvalue weighted by molar-refractivity contribution is -0.346. The van der Waals surface area contributed by atoms with Crippen LogP contribution in [0.25, 0.3) is 0 Å². The van der Waals surface area contributed by atoms with E-state index in [9.17, 15) is 35.5 Å². The second-order valence-electron chi connectivity index (χ2n) is 7.27. The molecule has 13 heteroatoms. The molecule has 0 saturated heterocycles. The number of hydrogen-bond acceptors (Lipinski definition) is 4. The third kappa shape index (κ3) is 6.11. The van der Waals surface area contributed by atoms with Gasteiger partial charge in [0.2, 0.25) is 0 Å². The van der Waals surface area contributed by atoms with Gasteiger partial charge in [0.05, 0.1) is 25.8 Å². The van der Waals surface area contributed by atoms with Crippen molar-refractivity contribution < 1.29 is 49.7 Å². The summed E-state index contributed by atoms with van der Waals surface area (Å²) in [5.74, 6) is -14.3. The van der Waals surface area contributed by atoms with Crippen molar-refractivity contribution in [3.05, 3.63) is 52.0 Å². The van der Waals surface area contributed by atoms with E-state index in [4.69, 9.17) is 14.2 Å². The molecular formula is C22H21BrF7NO4. The fourth-order valence-corrected chi connectivity index (χ4v) is 3.57. The van der Waals surface area contributed by atoms with Gasteiger partial charge in [-0.05, 0) is 57.7 Å². The van der Waals surface area contributed by atoms with E-state index in [2.05, 4.69) is 15.9 Å². The standard InChI is InChI=1S/C22H21BrF7NO4/c1-33-15-6-4-13(5-7-15)12-31(19(32)20(24,25)21(26,27)22(28,29)30)9-8-14-10-18(35-3)16(23)11-17(14)34-2/h4-7,10-11H,8-9,12H2,1-3H3. The van der Waals surface area contributed by atoms with Crippen LogP contribution in [0.4, 0.5) is 30.7 Å². The Bertz CT molecular complexity index is 1030. The summed E-state index contributed by atoms with van der Waals surface area (Å²) >= 11 is 3.24. The van der Waals surface area contributed by atoms with Crippen molar-refractivity contribution in [1.82, 2.24) is 4.90 Å². The van der Waals surface area contributed by atoms with E-state index in [0.29, 0.717) is 21.5 Å². The number of alkyl halides is 7. The number of carbonyl (C=O) groups excluding carboxylic acids is 1. The summed E-state index contributed by atoms with van der Waals surface area (Å²) in [4.78, 5) is 12.7. The van der Waals surface area contributed by atoms with Gasteiger partial charge in [0.1, 0.15) is 17.2 Å². The maximum Gasteiger partial charge on any atom is 0.460 e. The van der Waals surface area contributed by atoms with Crippen LogP contribution in [0.15, 0.2) is 40.9 Å². The fourth-order valence-electron chi connectivity index (χ4n) is 3.09. The number of carbonyl (C=O) groups is 1. The zero-order valence-corrected chi connectivity index (χ0v) is 20.3. The lowest BCUT2D eigenvalue weighted by Crippen LogP contribution is -2.60. The molecular weight excluding hydrogens is 555 g/mol. The number of nitrogens with zero attached hydrogens (tertiary/aromatic N) is 1. The molecule has 2 aromatic carbocycles. The summed E-state index contributed by atoms with van der Waals surface area (Å²) in [5, 5.41) is 0. The Balaban J connectivity index is 2.43. The van der Waals surface area contributed by atoms with Crippen molar-refractivity contribution in [3.8, 4) is 17.2 Å². The van der Waals surface area contributed by atoms with Gasteiger partial charge in [-0.2, -0.15) is 30.7 Å². The summed E-state index contributed by atoms with van der Waals surface area (Å²) in [7, 11) is 4.04. The molecule has 0 aliphatic heterocycles. The summed E-state index contributed by atoms with van der Waals surface area (Å²) in [5.41, 5.74) is 0.539. The van der Waals surface area contributed by atoms with E-state index in [1.807, 2.05) is 0 Å². The minimum absolute atomic E-state index is 0.200. The molecule has 0 atom stereocenters. The van der Waals surface area contributed by atoms with Crippen molar-refractivity contribution >= 4 is 21.8 Å². The normalized spacial score (nSPS) is 12.3. The molecule has 0 aliphatic rings. The largest absolute Gasteiger partial charge is 0.497 e. The van der Waals surface area contributed by atoms with Gasteiger partial charge in [-0.25, -0.2) is 0 Å². The SMILES string of the molecule is COc1ccc(CN(CCc2cc(OC)c(Br)cc2OC)C(=O)C(F)(F)C(F)(F)C(F)(F)F)cc1. The van der Waals surface area contributed by atoms with Crippen LogP contribution in [0.5, 0.6) is 17.2 Å². The summed E-state index contributed by atoms with van der Waals surface area (Å²) in [6, 6.07) is 8.52. The smallest absolute Gasteiger partial charge is 0.460 e. The van der Waals surface area contributed by atoms with E-state index in [1.54, 1.807) is 0 Å². The molecule has 35 heavy (non-hydrogen) atoms. The molecule has 0 aromatic heterocycles. The van der Waals surface area contributed by atoms with E-state index in [1.165, 1.54) is 57.7 Å². The topological polar surface area (TPSA) is 48.0 Å². The molecule has 2 aromatic rings. The Labute approximate surface area is 204 Å². The number of methoxy groups -OCH3 is 3. The van der Waals surface area contributed by atoms with E-state index in [-0.39, 0.29) is 22.6 Å².